The van der Waals surface area contributed by atoms with Crippen LogP contribution in [0.1, 0.15) is 25.0 Å². The van der Waals surface area contributed by atoms with E-state index in [0.717, 1.165) is 25.1 Å². The standard InChI is InChI=1S/C21H34N4O3/c1-16(2)25(4)14-19(26)15-28-20-7-6-17(10-21(20)27-5)13-24(3)9-8-18-11-22-23-12-18/h6-7,10-12,16,19,26H,8-9,13-15H2,1-5H3,(H,22,23)/t19-/m1/s1. The van der Waals surface area contributed by atoms with Gasteiger partial charge in [0.15, 0.2) is 11.5 Å². The van der Waals surface area contributed by atoms with Crippen molar-refractivity contribution in [1.29, 1.82) is 0 Å². The Morgan fingerprint density at radius 1 is 1.18 bits per heavy atom. The van der Waals surface area contributed by atoms with E-state index in [-0.39, 0.29) is 6.61 Å². The molecule has 156 valence electrons. The number of aromatic nitrogens is 2. The van der Waals surface area contributed by atoms with Gasteiger partial charge in [0.2, 0.25) is 0 Å². The fraction of sp³-hybridized carbons (Fsp3) is 0.571. The van der Waals surface area contributed by atoms with Gasteiger partial charge in [0.1, 0.15) is 12.7 Å². The molecular formula is C21H34N4O3. The fourth-order valence-electron chi connectivity index (χ4n) is 2.84. The van der Waals surface area contributed by atoms with E-state index in [2.05, 4.69) is 40.9 Å². The van der Waals surface area contributed by atoms with Crippen LogP contribution in [0.5, 0.6) is 11.5 Å². The number of nitrogens with zero attached hydrogens (tertiary/aromatic N) is 3. The summed E-state index contributed by atoms with van der Waals surface area (Å²) in [5, 5.41) is 17.0. The molecule has 0 bridgehead atoms. The Morgan fingerprint density at radius 2 is 1.96 bits per heavy atom. The maximum Gasteiger partial charge on any atom is 0.161 e. The van der Waals surface area contributed by atoms with Crippen LogP contribution >= 0.6 is 0 Å². The van der Waals surface area contributed by atoms with Crippen molar-refractivity contribution in [3.8, 4) is 11.5 Å². The summed E-state index contributed by atoms with van der Waals surface area (Å²) in [7, 11) is 5.72. The van der Waals surface area contributed by atoms with Crippen LogP contribution in [0.3, 0.4) is 0 Å². The quantitative estimate of drug-likeness (QED) is 0.579. The van der Waals surface area contributed by atoms with Gasteiger partial charge in [-0.3, -0.25) is 5.10 Å². The first kappa shape index (κ1) is 22.2. The third-order valence-corrected chi connectivity index (χ3v) is 4.83. The number of hydrogen-bond acceptors (Lipinski definition) is 6. The molecule has 1 aromatic carbocycles. The fourth-order valence-corrected chi connectivity index (χ4v) is 2.84. The third kappa shape index (κ3) is 7.14. The molecule has 7 heteroatoms. The maximum atomic E-state index is 10.2. The summed E-state index contributed by atoms with van der Waals surface area (Å²) in [6.07, 6.45) is 4.19. The number of benzene rings is 1. The van der Waals surface area contributed by atoms with Crippen LogP contribution in [0.4, 0.5) is 0 Å². The Balaban J connectivity index is 1.86. The molecule has 7 nitrogen and oxygen atoms in total. The van der Waals surface area contributed by atoms with E-state index >= 15 is 0 Å². The van der Waals surface area contributed by atoms with Crippen molar-refractivity contribution in [3.63, 3.8) is 0 Å². The smallest absolute Gasteiger partial charge is 0.161 e. The highest BCUT2D eigenvalue weighted by Crippen LogP contribution is 2.28. The van der Waals surface area contributed by atoms with E-state index < -0.39 is 6.10 Å². The molecule has 0 aliphatic rings. The number of likely N-dealkylation sites (N-methyl/N-ethyl adjacent to an activating group) is 2. The Bertz CT molecular complexity index is 691. The Morgan fingerprint density at radius 3 is 2.61 bits per heavy atom. The summed E-state index contributed by atoms with van der Waals surface area (Å²) in [6, 6.07) is 6.33. The van der Waals surface area contributed by atoms with Crippen molar-refractivity contribution in [2.24, 2.45) is 0 Å². The van der Waals surface area contributed by atoms with Crippen molar-refractivity contribution < 1.29 is 14.6 Å². The highest BCUT2D eigenvalue weighted by molar-refractivity contribution is 5.43. The predicted octanol–water partition coefficient (Wildman–Crippen LogP) is 2.17. The lowest BCUT2D eigenvalue weighted by Gasteiger charge is -2.24. The summed E-state index contributed by atoms with van der Waals surface area (Å²) in [5.74, 6) is 1.34. The summed E-state index contributed by atoms with van der Waals surface area (Å²) >= 11 is 0. The van der Waals surface area contributed by atoms with E-state index in [1.165, 1.54) is 5.56 Å². The molecule has 2 rings (SSSR count). The van der Waals surface area contributed by atoms with Gasteiger partial charge in [-0.15, -0.1) is 0 Å². The van der Waals surface area contributed by atoms with Crippen LogP contribution in [0, 0.1) is 0 Å². The summed E-state index contributed by atoms with van der Waals surface area (Å²) in [5.41, 5.74) is 2.36. The number of aromatic amines is 1. The van der Waals surface area contributed by atoms with E-state index in [9.17, 15) is 5.11 Å². The molecule has 0 amide bonds. The van der Waals surface area contributed by atoms with Crippen molar-refractivity contribution in [2.45, 2.75) is 39.0 Å². The molecule has 1 aromatic heterocycles. The van der Waals surface area contributed by atoms with Crippen molar-refractivity contribution >= 4 is 0 Å². The van der Waals surface area contributed by atoms with Crippen molar-refractivity contribution in [3.05, 3.63) is 41.7 Å². The van der Waals surface area contributed by atoms with Crippen LogP contribution in [0.15, 0.2) is 30.6 Å². The molecule has 0 radical (unpaired) electrons. The van der Waals surface area contributed by atoms with Crippen molar-refractivity contribution in [2.75, 3.05) is 40.9 Å². The first-order valence-electron chi connectivity index (χ1n) is 9.73. The number of aliphatic hydroxyl groups excluding tert-OH is 1. The number of ether oxygens (including phenoxy) is 2. The molecule has 1 atom stereocenters. The topological polar surface area (TPSA) is 73.8 Å². The molecule has 28 heavy (non-hydrogen) atoms. The number of nitrogens with one attached hydrogen (secondary N) is 1. The lowest BCUT2D eigenvalue weighted by atomic mass is 10.1. The van der Waals surface area contributed by atoms with Crippen molar-refractivity contribution in [1.82, 2.24) is 20.0 Å². The van der Waals surface area contributed by atoms with Crippen LogP contribution in [0.2, 0.25) is 0 Å². The Hall–Kier alpha value is -2.09. The van der Waals surface area contributed by atoms with E-state index in [4.69, 9.17) is 9.47 Å². The van der Waals surface area contributed by atoms with Gasteiger partial charge in [-0.05, 0) is 57.6 Å². The minimum Gasteiger partial charge on any atom is -0.493 e. The summed E-state index contributed by atoms with van der Waals surface area (Å²) < 4.78 is 11.3. The van der Waals surface area contributed by atoms with Crippen LogP contribution in [0.25, 0.3) is 0 Å². The number of methoxy groups -OCH3 is 1. The number of hydrogen-bond donors (Lipinski definition) is 2. The first-order chi connectivity index (χ1) is 13.4. The second kappa shape index (κ2) is 11.0. The zero-order chi connectivity index (χ0) is 20.5. The average molecular weight is 391 g/mol. The van der Waals surface area contributed by atoms with Gasteiger partial charge in [0.05, 0.1) is 13.3 Å². The second-order valence-corrected chi connectivity index (χ2v) is 7.58. The summed E-state index contributed by atoms with van der Waals surface area (Å²) in [4.78, 5) is 4.35. The molecule has 0 fully saturated rings. The van der Waals surface area contributed by atoms with E-state index in [1.807, 2.05) is 37.6 Å². The van der Waals surface area contributed by atoms with E-state index in [0.29, 0.717) is 24.1 Å². The lowest BCUT2D eigenvalue weighted by Crippen LogP contribution is -2.36. The SMILES string of the molecule is COc1cc(CN(C)CCc2cn[nH]c2)ccc1OC[C@H](O)CN(C)C(C)C. The molecule has 0 spiro atoms. The van der Waals surface area contributed by atoms with Gasteiger partial charge >= 0.3 is 0 Å². The Kier molecular flexibility index (Phi) is 8.76. The molecule has 2 aromatic rings. The molecule has 1 heterocycles. The van der Waals surface area contributed by atoms with Gasteiger partial charge in [-0.2, -0.15) is 5.10 Å². The zero-order valence-electron chi connectivity index (χ0n) is 17.7. The number of aliphatic hydroxyl groups is 1. The summed E-state index contributed by atoms with van der Waals surface area (Å²) in [6.45, 7) is 6.76. The molecule has 0 saturated heterocycles. The molecule has 0 aliphatic heterocycles. The van der Waals surface area contributed by atoms with Gasteiger partial charge in [0, 0.05) is 31.9 Å². The molecule has 0 unspecified atom stereocenters. The monoisotopic (exact) mass is 390 g/mol. The predicted molar refractivity (Wildman–Crippen MR) is 111 cm³/mol. The highest BCUT2D eigenvalue weighted by atomic mass is 16.5. The van der Waals surface area contributed by atoms with Gasteiger partial charge in [-0.25, -0.2) is 0 Å². The van der Waals surface area contributed by atoms with Gasteiger partial charge in [-0.1, -0.05) is 6.07 Å². The minimum absolute atomic E-state index is 0.234. The van der Waals surface area contributed by atoms with E-state index in [1.54, 1.807) is 7.11 Å². The molecular weight excluding hydrogens is 356 g/mol. The highest BCUT2D eigenvalue weighted by Gasteiger charge is 2.13. The molecule has 2 N–H and O–H groups in total. The first-order valence-corrected chi connectivity index (χ1v) is 9.73. The zero-order valence-corrected chi connectivity index (χ0v) is 17.7. The van der Waals surface area contributed by atoms with Crippen LogP contribution in [-0.2, 0) is 13.0 Å². The van der Waals surface area contributed by atoms with Gasteiger partial charge < -0.3 is 24.4 Å². The van der Waals surface area contributed by atoms with Crippen LogP contribution < -0.4 is 9.47 Å². The minimum atomic E-state index is -0.550. The Labute approximate surface area is 168 Å². The van der Waals surface area contributed by atoms with Gasteiger partial charge in [0.25, 0.3) is 0 Å². The van der Waals surface area contributed by atoms with Crippen LogP contribution in [-0.4, -0.2) is 78.2 Å². The number of rotatable bonds is 12. The number of H-pyrrole nitrogens is 1. The normalized spacial score (nSPS) is 12.8. The third-order valence-electron chi connectivity index (χ3n) is 4.83. The second-order valence-electron chi connectivity index (χ2n) is 7.58. The molecule has 0 aliphatic carbocycles. The largest absolute Gasteiger partial charge is 0.493 e. The lowest BCUT2D eigenvalue weighted by molar-refractivity contribution is 0.0668. The molecule has 0 saturated carbocycles. The average Bonchev–Trinajstić information content (AvgIpc) is 3.18. The maximum absolute atomic E-state index is 10.2.